The lowest BCUT2D eigenvalue weighted by Gasteiger charge is -2.17. The quantitative estimate of drug-likeness (QED) is 0.726. The van der Waals surface area contributed by atoms with Crippen molar-refractivity contribution in [2.45, 2.75) is 26.3 Å². The highest BCUT2D eigenvalue weighted by atomic mass is 16.1. The first-order chi connectivity index (χ1) is 7.60. The van der Waals surface area contributed by atoms with Gasteiger partial charge in [0.15, 0.2) is 0 Å². The molecule has 84 valence electrons. The van der Waals surface area contributed by atoms with Gasteiger partial charge in [-0.05, 0) is 24.5 Å². The van der Waals surface area contributed by atoms with E-state index in [1.807, 2.05) is 6.07 Å². The van der Waals surface area contributed by atoms with Gasteiger partial charge in [0.25, 0.3) is 5.56 Å². The van der Waals surface area contributed by atoms with Gasteiger partial charge in [0, 0.05) is 6.20 Å². The molecule has 1 aromatic heterocycles. The number of rotatable bonds is 4. The zero-order valence-electron chi connectivity index (χ0n) is 9.68. The third-order valence-corrected chi connectivity index (χ3v) is 2.44. The monoisotopic (exact) mass is 216 g/mol. The second kappa shape index (κ2) is 5.32. The number of pyridine rings is 1. The molecule has 0 aliphatic heterocycles. The van der Waals surface area contributed by atoms with Crippen LogP contribution in [0.4, 0.5) is 0 Å². The molecule has 0 aromatic carbocycles. The van der Waals surface area contributed by atoms with Crippen LogP contribution in [0.2, 0.25) is 0 Å². The van der Waals surface area contributed by atoms with Crippen LogP contribution in [0, 0.1) is 17.2 Å². The Morgan fingerprint density at radius 2 is 2.31 bits per heavy atom. The van der Waals surface area contributed by atoms with Gasteiger partial charge in [-0.15, -0.1) is 6.58 Å². The summed E-state index contributed by atoms with van der Waals surface area (Å²) >= 11 is 0. The van der Waals surface area contributed by atoms with E-state index in [1.165, 1.54) is 6.07 Å². The van der Waals surface area contributed by atoms with Crippen molar-refractivity contribution in [2.24, 2.45) is 5.92 Å². The van der Waals surface area contributed by atoms with Gasteiger partial charge in [-0.2, -0.15) is 5.26 Å². The minimum absolute atomic E-state index is 0.0409. The summed E-state index contributed by atoms with van der Waals surface area (Å²) in [7, 11) is 0. The number of aromatic nitrogens is 1. The molecule has 0 aliphatic carbocycles. The molecule has 0 aliphatic rings. The zero-order valence-corrected chi connectivity index (χ0v) is 9.68. The smallest absolute Gasteiger partial charge is 0.269 e. The maximum Gasteiger partial charge on any atom is 0.269 e. The molecule has 0 fully saturated rings. The van der Waals surface area contributed by atoms with Gasteiger partial charge in [0.05, 0.1) is 6.04 Å². The van der Waals surface area contributed by atoms with Crippen LogP contribution >= 0.6 is 0 Å². The number of hydrogen-bond donors (Lipinski definition) is 0. The molecular weight excluding hydrogens is 200 g/mol. The van der Waals surface area contributed by atoms with Crippen LogP contribution in [0.25, 0.3) is 0 Å². The predicted octanol–water partition coefficient (Wildman–Crippen LogP) is 2.49. The number of allylic oxidation sites excluding steroid dienone is 1. The summed E-state index contributed by atoms with van der Waals surface area (Å²) in [4.78, 5) is 11.9. The molecule has 1 aromatic rings. The molecule has 1 atom stereocenters. The van der Waals surface area contributed by atoms with Gasteiger partial charge in [0.1, 0.15) is 11.6 Å². The largest absolute Gasteiger partial charge is 0.308 e. The average Bonchev–Trinajstić information content (AvgIpc) is 2.26. The molecule has 0 N–H and O–H groups in total. The Balaban J connectivity index is 3.17. The summed E-state index contributed by atoms with van der Waals surface area (Å²) in [5, 5.41) is 8.79. The van der Waals surface area contributed by atoms with Gasteiger partial charge in [0.2, 0.25) is 0 Å². The van der Waals surface area contributed by atoms with E-state index in [2.05, 4.69) is 20.4 Å². The minimum Gasteiger partial charge on any atom is -0.308 e. The fourth-order valence-corrected chi connectivity index (χ4v) is 1.66. The lowest BCUT2D eigenvalue weighted by Crippen LogP contribution is -2.25. The maximum atomic E-state index is 11.9. The first-order valence-corrected chi connectivity index (χ1v) is 5.34. The summed E-state index contributed by atoms with van der Waals surface area (Å²) in [5.74, 6) is 0.473. The molecule has 0 amide bonds. The minimum atomic E-state index is -0.240. The van der Waals surface area contributed by atoms with Gasteiger partial charge >= 0.3 is 0 Å². The number of nitriles is 1. The molecule has 3 heteroatoms. The lowest BCUT2D eigenvalue weighted by atomic mass is 10.0. The van der Waals surface area contributed by atoms with Crippen LogP contribution in [-0.4, -0.2) is 4.57 Å². The normalized spacial score (nSPS) is 12.1. The fraction of sp³-hybridized carbons (Fsp3) is 0.385. The average molecular weight is 216 g/mol. The Kier molecular flexibility index (Phi) is 4.07. The summed E-state index contributed by atoms with van der Waals surface area (Å²) in [5.41, 5.74) is -0.0614. The second-order valence-electron chi connectivity index (χ2n) is 4.18. The van der Waals surface area contributed by atoms with E-state index >= 15 is 0 Å². The van der Waals surface area contributed by atoms with E-state index in [-0.39, 0.29) is 17.2 Å². The highest BCUT2D eigenvalue weighted by Crippen LogP contribution is 2.16. The highest BCUT2D eigenvalue weighted by molar-refractivity contribution is 5.25. The molecule has 0 saturated carbocycles. The van der Waals surface area contributed by atoms with Crippen LogP contribution < -0.4 is 5.56 Å². The lowest BCUT2D eigenvalue weighted by molar-refractivity contribution is 0.453. The van der Waals surface area contributed by atoms with Crippen LogP contribution in [0.15, 0.2) is 35.8 Å². The standard InChI is InChI=1S/C13H16N2O/c1-4-12(8-10(2)3)15-7-5-6-11(9-14)13(15)16/h4-7,10,12H,1,8H2,2-3H3/t12-/m1/s1. The van der Waals surface area contributed by atoms with Crippen molar-refractivity contribution < 1.29 is 0 Å². The molecule has 0 bridgehead atoms. The van der Waals surface area contributed by atoms with Crippen molar-refractivity contribution >= 4 is 0 Å². The van der Waals surface area contributed by atoms with E-state index in [9.17, 15) is 4.79 Å². The molecule has 0 saturated heterocycles. The zero-order chi connectivity index (χ0) is 12.1. The van der Waals surface area contributed by atoms with Gasteiger partial charge in [-0.1, -0.05) is 19.9 Å². The van der Waals surface area contributed by atoms with E-state index in [1.54, 1.807) is 22.9 Å². The van der Waals surface area contributed by atoms with Crippen molar-refractivity contribution in [2.75, 3.05) is 0 Å². The first kappa shape index (κ1) is 12.3. The van der Waals surface area contributed by atoms with Gasteiger partial charge in [-0.3, -0.25) is 4.79 Å². The van der Waals surface area contributed by atoms with Crippen LogP contribution in [0.5, 0.6) is 0 Å². The Bertz CT molecular complexity index is 466. The maximum absolute atomic E-state index is 11.9. The van der Waals surface area contributed by atoms with Crippen LogP contribution in [0.3, 0.4) is 0 Å². The van der Waals surface area contributed by atoms with E-state index in [4.69, 9.17) is 5.26 Å². The van der Waals surface area contributed by atoms with Gasteiger partial charge in [-0.25, -0.2) is 0 Å². The Morgan fingerprint density at radius 3 is 2.81 bits per heavy atom. The molecule has 1 rings (SSSR count). The molecule has 0 spiro atoms. The summed E-state index contributed by atoms with van der Waals surface area (Å²) < 4.78 is 1.57. The molecular formula is C13H16N2O. The Labute approximate surface area is 95.6 Å². The second-order valence-corrected chi connectivity index (χ2v) is 4.18. The first-order valence-electron chi connectivity index (χ1n) is 5.34. The van der Waals surface area contributed by atoms with E-state index in [0.717, 1.165) is 6.42 Å². The molecule has 16 heavy (non-hydrogen) atoms. The molecule has 0 radical (unpaired) electrons. The third-order valence-electron chi connectivity index (χ3n) is 2.44. The molecule has 3 nitrogen and oxygen atoms in total. The summed E-state index contributed by atoms with van der Waals surface area (Å²) in [6, 6.07) is 5.11. The van der Waals surface area contributed by atoms with Crippen molar-refractivity contribution in [3.8, 4) is 6.07 Å². The fourth-order valence-electron chi connectivity index (χ4n) is 1.66. The van der Waals surface area contributed by atoms with Gasteiger partial charge < -0.3 is 4.57 Å². The Hall–Kier alpha value is -1.82. The number of hydrogen-bond acceptors (Lipinski definition) is 2. The van der Waals surface area contributed by atoms with Crippen molar-refractivity contribution in [3.05, 3.63) is 46.9 Å². The third kappa shape index (κ3) is 2.60. The topological polar surface area (TPSA) is 45.8 Å². The molecule has 1 heterocycles. The summed E-state index contributed by atoms with van der Waals surface area (Å²) in [6.45, 7) is 7.93. The SMILES string of the molecule is C=C[C@H](CC(C)C)n1cccc(C#N)c1=O. The van der Waals surface area contributed by atoms with Crippen LogP contribution in [-0.2, 0) is 0 Å². The summed E-state index contributed by atoms with van der Waals surface area (Å²) in [6.07, 6.45) is 4.30. The van der Waals surface area contributed by atoms with E-state index < -0.39 is 0 Å². The molecule has 0 unspecified atom stereocenters. The highest BCUT2D eigenvalue weighted by Gasteiger charge is 2.12. The van der Waals surface area contributed by atoms with Crippen molar-refractivity contribution in [3.63, 3.8) is 0 Å². The van der Waals surface area contributed by atoms with Crippen LogP contribution in [0.1, 0.15) is 31.9 Å². The number of nitrogens with zero attached hydrogens (tertiary/aromatic N) is 2. The van der Waals surface area contributed by atoms with E-state index in [0.29, 0.717) is 5.92 Å². The predicted molar refractivity (Wildman–Crippen MR) is 64.1 cm³/mol. The van der Waals surface area contributed by atoms with Crippen molar-refractivity contribution in [1.82, 2.24) is 4.57 Å². The Morgan fingerprint density at radius 1 is 1.62 bits per heavy atom. The van der Waals surface area contributed by atoms with Crippen molar-refractivity contribution in [1.29, 1.82) is 5.26 Å².